The number of hydrogen-bond acceptors (Lipinski definition) is 2. The van der Waals surface area contributed by atoms with Gasteiger partial charge in [-0.1, -0.05) is 6.92 Å². The van der Waals surface area contributed by atoms with Crippen LogP contribution in [0.25, 0.3) is 0 Å². The van der Waals surface area contributed by atoms with Crippen LogP contribution in [0.4, 0.5) is 0 Å². The fourth-order valence-corrected chi connectivity index (χ4v) is 2.93. The lowest BCUT2D eigenvalue weighted by Crippen LogP contribution is -2.41. The van der Waals surface area contributed by atoms with Crippen LogP contribution in [-0.2, 0) is 9.59 Å². The molecule has 2 aliphatic rings. The summed E-state index contributed by atoms with van der Waals surface area (Å²) in [5.41, 5.74) is 0. The molecule has 0 aliphatic heterocycles. The normalized spacial score (nSPS) is 31.2. The fraction of sp³-hybridized carbons (Fsp3) is 0.857. The zero-order valence-corrected chi connectivity index (χ0v) is 10.7. The Balaban J connectivity index is 1.75. The smallest absolute Gasteiger partial charge is 0.223 e. The van der Waals surface area contributed by atoms with Crippen LogP contribution in [0.15, 0.2) is 0 Å². The summed E-state index contributed by atoms with van der Waals surface area (Å²) >= 11 is 0. The Labute approximate surface area is 103 Å². The van der Waals surface area contributed by atoms with E-state index < -0.39 is 0 Å². The monoisotopic (exact) mass is 237 g/mol. The molecule has 0 saturated heterocycles. The van der Waals surface area contributed by atoms with E-state index in [0.717, 1.165) is 31.6 Å². The Hall–Kier alpha value is -0.860. The summed E-state index contributed by atoms with van der Waals surface area (Å²) in [6.07, 6.45) is 7.42. The van der Waals surface area contributed by atoms with E-state index in [9.17, 15) is 9.59 Å². The van der Waals surface area contributed by atoms with Crippen molar-refractivity contribution in [2.45, 2.75) is 64.3 Å². The summed E-state index contributed by atoms with van der Waals surface area (Å²) in [6, 6.07) is 0.250. The maximum atomic E-state index is 12.1. The van der Waals surface area contributed by atoms with E-state index in [2.05, 4.69) is 12.2 Å². The molecular formula is C14H23NO2. The molecule has 0 radical (unpaired) electrons. The second-order valence-electron chi connectivity index (χ2n) is 5.78. The lowest BCUT2D eigenvalue weighted by Gasteiger charge is -2.28. The van der Waals surface area contributed by atoms with Crippen molar-refractivity contribution in [2.24, 2.45) is 11.8 Å². The predicted molar refractivity (Wildman–Crippen MR) is 66.5 cm³/mol. The molecule has 3 nitrogen and oxygen atoms in total. The Kier molecular flexibility index (Phi) is 4.19. The molecule has 0 bridgehead atoms. The van der Waals surface area contributed by atoms with Crippen LogP contribution in [0.5, 0.6) is 0 Å². The molecule has 0 heterocycles. The van der Waals surface area contributed by atoms with Crippen molar-refractivity contribution in [1.29, 1.82) is 0 Å². The van der Waals surface area contributed by atoms with Gasteiger partial charge >= 0.3 is 0 Å². The van der Waals surface area contributed by atoms with E-state index in [0.29, 0.717) is 18.6 Å². The third-order valence-electron chi connectivity index (χ3n) is 4.28. The SMILES string of the molecule is CC1CCC(C(=O)NC2CCC(=O)CC2)CC1. The lowest BCUT2D eigenvalue weighted by atomic mass is 9.82. The number of hydrogen-bond donors (Lipinski definition) is 1. The van der Waals surface area contributed by atoms with Gasteiger partial charge in [0, 0.05) is 24.8 Å². The second-order valence-corrected chi connectivity index (χ2v) is 5.78. The van der Waals surface area contributed by atoms with Crippen LogP contribution in [-0.4, -0.2) is 17.7 Å². The maximum absolute atomic E-state index is 12.1. The molecular weight excluding hydrogens is 214 g/mol. The quantitative estimate of drug-likeness (QED) is 0.801. The maximum Gasteiger partial charge on any atom is 0.223 e. The highest BCUT2D eigenvalue weighted by atomic mass is 16.2. The van der Waals surface area contributed by atoms with Gasteiger partial charge in [0.1, 0.15) is 5.78 Å². The molecule has 0 aromatic carbocycles. The van der Waals surface area contributed by atoms with Gasteiger partial charge in [-0.3, -0.25) is 9.59 Å². The molecule has 96 valence electrons. The molecule has 0 spiro atoms. The average Bonchev–Trinajstić information content (AvgIpc) is 2.33. The summed E-state index contributed by atoms with van der Waals surface area (Å²) in [7, 11) is 0. The minimum absolute atomic E-state index is 0.226. The van der Waals surface area contributed by atoms with Crippen molar-refractivity contribution in [1.82, 2.24) is 5.32 Å². The van der Waals surface area contributed by atoms with Crippen LogP contribution in [0.1, 0.15) is 58.3 Å². The topological polar surface area (TPSA) is 46.2 Å². The van der Waals surface area contributed by atoms with Gasteiger partial charge in [-0.25, -0.2) is 0 Å². The van der Waals surface area contributed by atoms with E-state index in [-0.39, 0.29) is 17.9 Å². The van der Waals surface area contributed by atoms with Gasteiger partial charge in [0.2, 0.25) is 5.91 Å². The highest BCUT2D eigenvalue weighted by Crippen LogP contribution is 2.28. The number of carbonyl (C=O) groups excluding carboxylic acids is 2. The highest BCUT2D eigenvalue weighted by molar-refractivity contribution is 5.81. The molecule has 1 N–H and O–H groups in total. The zero-order chi connectivity index (χ0) is 12.3. The highest BCUT2D eigenvalue weighted by Gasteiger charge is 2.27. The minimum atomic E-state index is 0.226. The molecule has 3 heteroatoms. The molecule has 1 amide bonds. The van der Waals surface area contributed by atoms with Gasteiger partial charge < -0.3 is 5.32 Å². The van der Waals surface area contributed by atoms with Crippen molar-refractivity contribution in [3.05, 3.63) is 0 Å². The number of Topliss-reactive ketones (excluding diaryl/α,β-unsaturated/α-hetero) is 1. The van der Waals surface area contributed by atoms with Crippen molar-refractivity contribution in [3.63, 3.8) is 0 Å². The summed E-state index contributed by atoms with van der Waals surface area (Å²) in [5, 5.41) is 3.13. The van der Waals surface area contributed by atoms with Gasteiger partial charge in [0.15, 0.2) is 0 Å². The zero-order valence-electron chi connectivity index (χ0n) is 10.7. The summed E-state index contributed by atoms with van der Waals surface area (Å²) < 4.78 is 0. The molecule has 0 atom stereocenters. The van der Waals surface area contributed by atoms with Crippen LogP contribution in [0.3, 0.4) is 0 Å². The predicted octanol–water partition coefficient (Wildman–Crippen LogP) is 2.44. The van der Waals surface area contributed by atoms with E-state index >= 15 is 0 Å². The summed E-state index contributed by atoms with van der Waals surface area (Å²) in [4.78, 5) is 23.2. The Bertz CT molecular complexity index is 283. The third-order valence-corrected chi connectivity index (χ3v) is 4.28. The standard InChI is InChI=1S/C14H23NO2/c1-10-2-4-11(5-3-10)14(17)15-12-6-8-13(16)9-7-12/h10-12H,2-9H2,1H3,(H,15,17). The fourth-order valence-electron chi connectivity index (χ4n) is 2.93. The van der Waals surface area contributed by atoms with Crippen molar-refractivity contribution in [3.8, 4) is 0 Å². The number of amides is 1. The summed E-state index contributed by atoms with van der Waals surface area (Å²) in [6.45, 7) is 2.26. The minimum Gasteiger partial charge on any atom is -0.353 e. The van der Waals surface area contributed by atoms with E-state index in [1.807, 2.05) is 0 Å². The Morgan fingerprint density at radius 2 is 1.65 bits per heavy atom. The van der Waals surface area contributed by atoms with Crippen LogP contribution < -0.4 is 5.32 Å². The first-order valence-electron chi connectivity index (χ1n) is 6.97. The summed E-state index contributed by atoms with van der Waals surface area (Å²) in [5.74, 6) is 1.59. The third kappa shape index (κ3) is 3.55. The van der Waals surface area contributed by atoms with E-state index in [1.165, 1.54) is 12.8 Å². The molecule has 17 heavy (non-hydrogen) atoms. The van der Waals surface area contributed by atoms with Crippen LogP contribution in [0, 0.1) is 11.8 Å². The first-order chi connectivity index (χ1) is 8.15. The average molecular weight is 237 g/mol. The van der Waals surface area contributed by atoms with Crippen LogP contribution in [0.2, 0.25) is 0 Å². The molecule has 2 saturated carbocycles. The number of carbonyl (C=O) groups is 2. The van der Waals surface area contributed by atoms with E-state index in [1.54, 1.807) is 0 Å². The van der Waals surface area contributed by atoms with Crippen molar-refractivity contribution in [2.75, 3.05) is 0 Å². The van der Waals surface area contributed by atoms with Gasteiger partial charge in [0.25, 0.3) is 0 Å². The first-order valence-corrected chi connectivity index (χ1v) is 6.97. The van der Waals surface area contributed by atoms with Gasteiger partial charge in [-0.2, -0.15) is 0 Å². The van der Waals surface area contributed by atoms with Crippen LogP contribution >= 0.6 is 0 Å². The van der Waals surface area contributed by atoms with Gasteiger partial charge in [-0.15, -0.1) is 0 Å². The molecule has 0 unspecified atom stereocenters. The van der Waals surface area contributed by atoms with E-state index in [4.69, 9.17) is 0 Å². The molecule has 2 aliphatic carbocycles. The number of rotatable bonds is 2. The largest absolute Gasteiger partial charge is 0.353 e. The Morgan fingerprint density at radius 3 is 2.24 bits per heavy atom. The van der Waals surface area contributed by atoms with Gasteiger partial charge in [0.05, 0.1) is 0 Å². The van der Waals surface area contributed by atoms with Crippen molar-refractivity contribution < 1.29 is 9.59 Å². The Morgan fingerprint density at radius 1 is 1.06 bits per heavy atom. The first kappa shape index (κ1) is 12.6. The lowest BCUT2D eigenvalue weighted by molar-refractivity contribution is -0.128. The molecule has 2 fully saturated rings. The molecule has 0 aromatic rings. The van der Waals surface area contributed by atoms with Crippen molar-refractivity contribution >= 4 is 11.7 Å². The second kappa shape index (κ2) is 5.65. The number of nitrogens with one attached hydrogen (secondary N) is 1. The molecule has 2 rings (SSSR count). The number of ketones is 1. The van der Waals surface area contributed by atoms with Gasteiger partial charge in [-0.05, 0) is 44.4 Å². The molecule has 0 aromatic heterocycles.